The zero-order valence-corrected chi connectivity index (χ0v) is 12.9. The molecule has 0 amide bonds. The molecule has 0 radical (unpaired) electrons. The highest BCUT2D eigenvalue weighted by Crippen LogP contribution is 2.42. The fourth-order valence-electron chi connectivity index (χ4n) is 2.58. The van der Waals surface area contributed by atoms with Gasteiger partial charge >= 0.3 is 0 Å². The molecule has 4 nitrogen and oxygen atoms in total. The number of nitrogens with one attached hydrogen (secondary N) is 2. The summed E-state index contributed by atoms with van der Waals surface area (Å²) >= 11 is 0. The van der Waals surface area contributed by atoms with Gasteiger partial charge in [-0.2, -0.15) is 0 Å². The molecule has 0 aromatic heterocycles. The number of hydrogen-bond donors (Lipinski definition) is 2. The topological polar surface area (TPSA) is 45.7 Å². The maximum atomic E-state index is 5.04. The van der Waals surface area contributed by atoms with Crippen LogP contribution in [0.3, 0.4) is 0 Å². The zero-order chi connectivity index (χ0) is 14.0. The number of aliphatic imine (C=N–C) groups is 1. The summed E-state index contributed by atoms with van der Waals surface area (Å²) in [6.07, 6.45) is 8.91. The Morgan fingerprint density at radius 2 is 2.00 bits per heavy atom. The number of rotatable bonds is 9. The molecule has 0 aliphatic heterocycles. The number of nitrogens with zero attached hydrogens (tertiary/aromatic N) is 1. The summed E-state index contributed by atoms with van der Waals surface area (Å²) in [5.74, 6) is 0.950. The van der Waals surface area contributed by atoms with Gasteiger partial charge in [-0.05, 0) is 43.9 Å². The SMILES string of the molecule is CCC1(CNC(=NC)NCCCCCOC)CCC1. The van der Waals surface area contributed by atoms with E-state index in [4.69, 9.17) is 4.74 Å². The fraction of sp³-hybridized carbons (Fsp3) is 0.933. The molecule has 1 saturated carbocycles. The molecule has 0 atom stereocenters. The predicted molar refractivity (Wildman–Crippen MR) is 81.7 cm³/mol. The molecule has 1 rings (SSSR count). The molecule has 0 heterocycles. The molecule has 1 fully saturated rings. The van der Waals surface area contributed by atoms with E-state index in [0.29, 0.717) is 5.41 Å². The third kappa shape index (κ3) is 5.81. The Labute approximate surface area is 118 Å². The van der Waals surface area contributed by atoms with Crippen molar-refractivity contribution in [2.75, 3.05) is 33.9 Å². The minimum Gasteiger partial charge on any atom is -0.385 e. The summed E-state index contributed by atoms with van der Waals surface area (Å²) < 4.78 is 5.04. The van der Waals surface area contributed by atoms with Crippen LogP contribution in [0.1, 0.15) is 51.9 Å². The molecular formula is C15H31N3O. The van der Waals surface area contributed by atoms with Gasteiger partial charge < -0.3 is 15.4 Å². The molecule has 0 spiro atoms. The van der Waals surface area contributed by atoms with Crippen LogP contribution in [0.15, 0.2) is 4.99 Å². The lowest BCUT2D eigenvalue weighted by Crippen LogP contribution is -2.46. The van der Waals surface area contributed by atoms with Gasteiger partial charge in [0.05, 0.1) is 0 Å². The van der Waals surface area contributed by atoms with Gasteiger partial charge in [0.1, 0.15) is 0 Å². The zero-order valence-electron chi connectivity index (χ0n) is 12.9. The van der Waals surface area contributed by atoms with Crippen LogP contribution in [0, 0.1) is 5.41 Å². The normalized spacial score (nSPS) is 17.9. The van der Waals surface area contributed by atoms with Crippen LogP contribution >= 0.6 is 0 Å². The number of hydrogen-bond acceptors (Lipinski definition) is 2. The van der Waals surface area contributed by atoms with Gasteiger partial charge in [0, 0.05) is 33.9 Å². The Morgan fingerprint density at radius 3 is 2.53 bits per heavy atom. The molecule has 0 bridgehead atoms. The van der Waals surface area contributed by atoms with Crippen molar-refractivity contribution in [2.45, 2.75) is 51.9 Å². The van der Waals surface area contributed by atoms with Crippen molar-refractivity contribution in [3.63, 3.8) is 0 Å². The second-order valence-corrected chi connectivity index (χ2v) is 5.61. The molecule has 0 unspecified atom stereocenters. The van der Waals surface area contributed by atoms with Crippen molar-refractivity contribution in [3.05, 3.63) is 0 Å². The van der Waals surface area contributed by atoms with Crippen LogP contribution in [-0.2, 0) is 4.74 Å². The van der Waals surface area contributed by atoms with E-state index >= 15 is 0 Å². The van der Waals surface area contributed by atoms with E-state index in [-0.39, 0.29) is 0 Å². The van der Waals surface area contributed by atoms with E-state index in [1.807, 2.05) is 7.05 Å². The molecule has 0 saturated heterocycles. The lowest BCUT2D eigenvalue weighted by molar-refractivity contribution is 0.131. The maximum absolute atomic E-state index is 5.04. The Kier molecular flexibility index (Phi) is 7.87. The maximum Gasteiger partial charge on any atom is 0.190 e. The number of methoxy groups -OCH3 is 1. The first kappa shape index (κ1) is 16.3. The average molecular weight is 269 g/mol. The average Bonchev–Trinajstić information content (AvgIpc) is 2.39. The monoisotopic (exact) mass is 269 g/mol. The lowest BCUT2D eigenvalue weighted by atomic mass is 9.67. The molecular weight excluding hydrogens is 238 g/mol. The first-order chi connectivity index (χ1) is 9.26. The summed E-state index contributed by atoms with van der Waals surface area (Å²) in [7, 11) is 3.60. The second-order valence-electron chi connectivity index (χ2n) is 5.61. The third-order valence-electron chi connectivity index (χ3n) is 4.34. The van der Waals surface area contributed by atoms with Crippen LogP contribution in [0.25, 0.3) is 0 Å². The molecule has 2 N–H and O–H groups in total. The smallest absolute Gasteiger partial charge is 0.190 e. The Morgan fingerprint density at radius 1 is 1.21 bits per heavy atom. The Balaban J connectivity index is 2.09. The Hall–Kier alpha value is -0.770. The van der Waals surface area contributed by atoms with Gasteiger partial charge in [-0.15, -0.1) is 0 Å². The minimum atomic E-state index is 0.538. The van der Waals surface area contributed by atoms with E-state index < -0.39 is 0 Å². The van der Waals surface area contributed by atoms with Gasteiger partial charge in [0.15, 0.2) is 5.96 Å². The van der Waals surface area contributed by atoms with E-state index in [1.165, 1.54) is 38.5 Å². The highest BCUT2D eigenvalue weighted by Gasteiger charge is 2.34. The molecule has 1 aliphatic rings. The van der Waals surface area contributed by atoms with Crippen molar-refractivity contribution in [1.29, 1.82) is 0 Å². The second kappa shape index (κ2) is 9.18. The summed E-state index contributed by atoms with van der Waals surface area (Å²) in [5.41, 5.74) is 0.538. The van der Waals surface area contributed by atoms with Crippen LogP contribution in [0.4, 0.5) is 0 Å². The number of guanidine groups is 1. The first-order valence-corrected chi connectivity index (χ1v) is 7.70. The first-order valence-electron chi connectivity index (χ1n) is 7.70. The lowest BCUT2D eigenvalue weighted by Gasteiger charge is -2.41. The highest BCUT2D eigenvalue weighted by molar-refractivity contribution is 5.79. The molecule has 4 heteroatoms. The van der Waals surface area contributed by atoms with Gasteiger partial charge in [-0.3, -0.25) is 4.99 Å². The van der Waals surface area contributed by atoms with Crippen molar-refractivity contribution < 1.29 is 4.74 Å². The summed E-state index contributed by atoms with van der Waals surface area (Å²) in [6, 6.07) is 0. The van der Waals surface area contributed by atoms with Crippen LogP contribution < -0.4 is 10.6 Å². The number of ether oxygens (including phenoxy) is 1. The minimum absolute atomic E-state index is 0.538. The van der Waals surface area contributed by atoms with E-state index in [1.54, 1.807) is 7.11 Å². The van der Waals surface area contributed by atoms with Gasteiger partial charge in [0.2, 0.25) is 0 Å². The van der Waals surface area contributed by atoms with Crippen molar-refractivity contribution in [1.82, 2.24) is 10.6 Å². The molecule has 1 aliphatic carbocycles. The Bertz CT molecular complexity index is 257. The van der Waals surface area contributed by atoms with Gasteiger partial charge in [-0.1, -0.05) is 13.3 Å². The fourth-order valence-corrected chi connectivity index (χ4v) is 2.58. The van der Waals surface area contributed by atoms with E-state index in [9.17, 15) is 0 Å². The standard InChI is InChI=1S/C15H31N3O/c1-4-15(9-8-10-15)13-18-14(16-2)17-11-6-5-7-12-19-3/h4-13H2,1-3H3,(H2,16,17,18). The largest absolute Gasteiger partial charge is 0.385 e. The predicted octanol–water partition coefficient (Wildman–Crippen LogP) is 2.55. The van der Waals surface area contributed by atoms with Crippen molar-refractivity contribution in [3.8, 4) is 0 Å². The van der Waals surface area contributed by atoms with Crippen molar-refractivity contribution in [2.24, 2.45) is 10.4 Å². The summed E-state index contributed by atoms with van der Waals surface area (Å²) in [5, 5.41) is 6.87. The van der Waals surface area contributed by atoms with E-state index in [2.05, 4.69) is 22.5 Å². The molecule has 112 valence electrons. The van der Waals surface area contributed by atoms with Gasteiger partial charge in [-0.25, -0.2) is 0 Å². The molecule has 0 aromatic carbocycles. The molecule has 0 aromatic rings. The third-order valence-corrected chi connectivity index (χ3v) is 4.34. The summed E-state index contributed by atoms with van der Waals surface area (Å²) in [4.78, 5) is 4.29. The van der Waals surface area contributed by atoms with E-state index in [0.717, 1.165) is 32.1 Å². The number of unbranched alkanes of at least 4 members (excludes halogenated alkanes) is 2. The van der Waals surface area contributed by atoms with Crippen LogP contribution in [0.5, 0.6) is 0 Å². The van der Waals surface area contributed by atoms with Crippen molar-refractivity contribution >= 4 is 5.96 Å². The van der Waals surface area contributed by atoms with Crippen LogP contribution in [0.2, 0.25) is 0 Å². The quantitative estimate of drug-likeness (QED) is 0.384. The van der Waals surface area contributed by atoms with Gasteiger partial charge in [0.25, 0.3) is 0 Å². The highest BCUT2D eigenvalue weighted by atomic mass is 16.5. The summed E-state index contributed by atoms with van der Waals surface area (Å²) in [6.45, 7) is 5.22. The molecule has 19 heavy (non-hydrogen) atoms. The van der Waals surface area contributed by atoms with Crippen LogP contribution in [-0.4, -0.2) is 39.8 Å².